The van der Waals surface area contributed by atoms with E-state index in [2.05, 4.69) is 15.3 Å². The van der Waals surface area contributed by atoms with Gasteiger partial charge in [-0.05, 0) is 17.7 Å². The molecular weight excluding hydrogens is 240 g/mol. The second kappa shape index (κ2) is 5.67. The molecule has 0 spiro atoms. The molecule has 0 aliphatic rings. The van der Waals surface area contributed by atoms with Crippen LogP contribution in [0.2, 0.25) is 0 Å². The van der Waals surface area contributed by atoms with E-state index in [1.807, 2.05) is 38.1 Å². The normalized spacial score (nSPS) is 10.7. The molecule has 0 amide bonds. The Bertz CT molecular complexity index is 602. The number of rotatable bonds is 4. The summed E-state index contributed by atoms with van der Waals surface area (Å²) in [6.45, 7) is 4.48. The Morgan fingerprint density at radius 3 is 2.58 bits per heavy atom. The first-order chi connectivity index (χ1) is 9.08. The lowest BCUT2D eigenvalue weighted by Gasteiger charge is -2.09. The molecule has 2 aromatic rings. The summed E-state index contributed by atoms with van der Waals surface area (Å²) in [6, 6.07) is 9.17. The van der Waals surface area contributed by atoms with Gasteiger partial charge in [0, 0.05) is 24.2 Å². The summed E-state index contributed by atoms with van der Waals surface area (Å²) >= 11 is 0. The van der Waals surface area contributed by atoms with E-state index >= 15 is 0 Å². The zero-order chi connectivity index (χ0) is 13.8. The molecule has 0 unspecified atom stereocenters. The molecule has 0 fully saturated rings. The van der Waals surface area contributed by atoms with Crippen molar-refractivity contribution in [1.82, 2.24) is 9.97 Å². The average molecular weight is 258 g/mol. The standard InChI is InChI=1S/C14H18N4O/c1-9(2)14-17-12(7-13(19)18-14)16-11-5-3-10(8-15)4-6-11/h3-7,9H,8,15H2,1-2H3,(H2,16,17,18,19). The van der Waals surface area contributed by atoms with Crippen LogP contribution in [0.4, 0.5) is 11.5 Å². The highest BCUT2D eigenvalue weighted by Gasteiger charge is 2.05. The van der Waals surface area contributed by atoms with E-state index in [9.17, 15) is 4.79 Å². The van der Waals surface area contributed by atoms with Gasteiger partial charge in [-0.2, -0.15) is 0 Å². The van der Waals surface area contributed by atoms with Crippen LogP contribution >= 0.6 is 0 Å². The molecule has 0 radical (unpaired) electrons. The number of aromatic amines is 1. The zero-order valence-corrected chi connectivity index (χ0v) is 11.1. The zero-order valence-electron chi connectivity index (χ0n) is 11.1. The van der Waals surface area contributed by atoms with Gasteiger partial charge in [0.2, 0.25) is 0 Å². The quantitative estimate of drug-likeness (QED) is 0.784. The molecule has 4 N–H and O–H groups in total. The molecule has 0 atom stereocenters. The van der Waals surface area contributed by atoms with Crippen LogP contribution in [0.3, 0.4) is 0 Å². The van der Waals surface area contributed by atoms with Gasteiger partial charge in [0.25, 0.3) is 5.56 Å². The van der Waals surface area contributed by atoms with Crippen LogP contribution in [-0.2, 0) is 6.54 Å². The van der Waals surface area contributed by atoms with Crippen molar-refractivity contribution in [3.05, 3.63) is 52.1 Å². The highest BCUT2D eigenvalue weighted by molar-refractivity contribution is 5.56. The maximum atomic E-state index is 11.6. The summed E-state index contributed by atoms with van der Waals surface area (Å²) in [5.74, 6) is 1.40. The van der Waals surface area contributed by atoms with Crippen molar-refractivity contribution in [2.45, 2.75) is 26.3 Å². The first kappa shape index (κ1) is 13.3. The highest BCUT2D eigenvalue weighted by Crippen LogP contribution is 2.15. The molecule has 1 aromatic heterocycles. The minimum atomic E-state index is -0.153. The van der Waals surface area contributed by atoms with Gasteiger partial charge in [0.15, 0.2) is 0 Å². The molecule has 2 rings (SSSR count). The Balaban J connectivity index is 2.24. The number of H-pyrrole nitrogens is 1. The van der Waals surface area contributed by atoms with Crippen LogP contribution in [0.15, 0.2) is 35.1 Å². The number of hydrogen-bond donors (Lipinski definition) is 3. The maximum absolute atomic E-state index is 11.6. The lowest BCUT2D eigenvalue weighted by molar-refractivity contribution is 0.769. The first-order valence-corrected chi connectivity index (χ1v) is 6.26. The number of anilines is 2. The third-order valence-corrected chi connectivity index (χ3v) is 2.77. The minimum Gasteiger partial charge on any atom is -0.340 e. The molecular formula is C14H18N4O. The summed E-state index contributed by atoms with van der Waals surface area (Å²) < 4.78 is 0. The predicted molar refractivity (Wildman–Crippen MR) is 76.6 cm³/mol. The lowest BCUT2D eigenvalue weighted by atomic mass is 10.2. The van der Waals surface area contributed by atoms with Crippen LogP contribution in [-0.4, -0.2) is 9.97 Å². The Kier molecular flexibility index (Phi) is 3.97. The molecule has 0 bridgehead atoms. The fraction of sp³-hybridized carbons (Fsp3) is 0.286. The van der Waals surface area contributed by atoms with Gasteiger partial charge in [-0.15, -0.1) is 0 Å². The predicted octanol–water partition coefficient (Wildman–Crippen LogP) is 2.10. The molecule has 1 heterocycles. The van der Waals surface area contributed by atoms with Crippen LogP contribution in [0, 0.1) is 0 Å². The van der Waals surface area contributed by atoms with Gasteiger partial charge >= 0.3 is 0 Å². The topological polar surface area (TPSA) is 83.8 Å². The third-order valence-electron chi connectivity index (χ3n) is 2.77. The van der Waals surface area contributed by atoms with Crippen molar-refractivity contribution in [3.63, 3.8) is 0 Å². The molecule has 5 heteroatoms. The number of aromatic nitrogens is 2. The SMILES string of the molecule is CC(C)c1nc(Nc2ccc(CN)cc2)cc(=O)[nH]1. The fourth-order valence-electron chi connectivity index (χ4n) is 1.69. The molecule has 1 aromatic carbocycles. The van der Waals surface area contributed by atoms with E-state index in [1.54, 1.807) is 0 Å². The van der Waals surface area contributed by atoms with Crippen molar-refractivity contribution < 1.29 is 0 Å². The van der Waals surface area contributed by atoms with Gasteiger partial charge in [-0.1, -0.05) is 26.0 Å². The molecule has 0 aliphatic heterocycles. The smallest absolute Gasteiger partial charge is 0.252 e. The summed E-state index contributed by atoms with van der Waals surface area (Å²) in [4.78, 5) is 18.7. The largest absolute Gasteiger partial charge is 0.340 e. The summed E-state index contributed by atoms with van der Waals surface area (Å²) in [6.07, 6.45) is 0. The van der Waals surface area contributed by atoms with E-state index < -0.39 is 0 Å². The van der Waals surface area contributed by atoms with Crippen LogP contribution in [0.1, 0.15) is 31.2 Å². The summed E-state index contributed by atoms with van der Waals surface area (Å²) in [5, 5.41) is 3.12. The Morgan fingerprint density at radius 2 is 2.00 bits per heavy atom. The fourth-order valence-corrected chi connectivity index (χ4v) is 1.69. The van der Waals surface area contributed by atoms with Crippen LogP contribution in [0.5, 0.6) is 0 Å². The number of nitrogens with one attached hydrogen (secondary N) is 2. The first-order valence-electron chi connectivity index (χ1n) is 6.26. The number of benzene rings is 1. The average Bonchev–Trinajstić information content (AvgIpc) is 2.39. The maximum Gasteiger partial charge on any atom is 0.252 e. The van der Waals surface area contributed by atoms with Gasteiger partial charge in [-0.3, -0.25) is 4.79 Å². The molecule has 0 aliphatic carbocycles. The second-order valence-corrected chi connectivity index (χ2v) is 4.70. The van der Waals surface area contributed by atoms with Crippen molar-refractivity contribution >= 4 is 11.5 Å². The number of hydrogen-bond acceptors (Lipinski definition) is 4. The lowest BCUT2D eigenvalue weighted by Crippen LogP contribution is -2.13. The van der Waals surface area contributed by atoms with E-state index in [1.165, 1.54) is 6.07 Å². The molecule has 19 heavy (non-hydrogen) atoms. The Labute approximate surface area is 111 Å². The number of nitrogens with zero attached hydrogens (tertiary/aromatic N) is 1. The monoisotopic (exact) mass is 258 g/mol. The summed E-state index contributed by atoms with van der Waals surface area (Å²) in [5.41, 5.74) is 7.34. The van der Waals surface area contributed by atoms with Crippen molar-refractivity contribution in [3.8, 4) is 0 Å². The Hall–Kier alpha value is -2.14. The van der Waals surface area contributed by atoms with E-state index in [4.69, 9.17) is 5.73 Å². The van der Waals surface area contributed by atoms with E-state index in [0.29, 0.717) is 18.2 Å². The molecule has 0 saturated carbocycles. The van der Waals surface area contributed by atoms with Gasteiger partial charge in [0.1, 0.15) is 11.6 Å². The van der Waals surface area contributed by atoms with Crippen LogP contribution < -0.4 is 16.6 Å². The highest BCUT2D eigenvalue weighted by atomic mass is 16.1. The van der Waals surface area contributed by atoms with Gasteiger partial charge < -0.3 is 16.0 Å². The Morgan fingerprint density at radius 1 is 1.32 bits per heavy atom. The van der Waals surface area contributed by atoms with E-state index in [-0.39, 0.29) is 11.5 Å². The molecule has 100 valence electrons. The summed E-state index contributed by atoms with van der Waals surface area (Å²) in [7, 11) is 0. The van der Waals surface area contributed by atoms with E-state index in [0.717, 1.165) is 11.3 Å². The molecule has 5 nitrogen and oxygen atoms in total. The third kappa shape index (κ3) is 3.42. The minimum absolute atomic E-state index is 0.153. The van der Waals surface area contributed by atoms with Crippen molar-refractivity contribution in [2.24, 2.45) is 5.73 Å². The van der Waals surface area contributed by atoms with Gasteiger partial charge in [0.05, 0.1) is 0 Å². The number of nitrogens with two attached hydrogens (primary N) is 1. The molecule has 0 saturated heterocycles. The second-order valence-electron chi connectivity index (χ2n) is 4.70. The van der Waals surface area contributed by atoms with Crippen LogP contribution in [0.25, 0.3) is 0 Å². The van der Waals surface area contributed by atoms with Crippen molar-refractivity contribution in [2.75, 3.05) is 5.32 Å². The van der Waals surface area contributed by atoms with Crippen molar-refractivity contribution in [1.29, 1.82) is 0 Å². The van der Waals surface area contributed by atoms with Gasteiger partial charge in [-0.25, -0.2) is 4.98 Å².